The summed E-state index contributed by atoms with van der Waals surface area (Å²) in [6.07, 6.45) is 3.26. The van der Waals surface area contributed by atoms with Crippen molar-refractivity contribution in [2.75, 3.05) is 24.3 Å². The summed E-state index contributed by atoms with van der Waals surface area (Å²) in [5.74, 6) is 0.143. The van der Waals surface area contributed by atoms with Crippen LogP contribution in [-0.2, 0) is 0 Å². The predicted octanol–water partition coefficient (Wildman–Crippen LogP) is 3.91. The number of carbonyl (C=O) groups is 1. The smallest absolute Gasteiger partial charge is 0.229 e. The zero-order valence-electron chi connectivity index (χ0n) is 15.0. The van der Waals surface area contributed by atoms with Gasteiger partial charge in [-0.3, -0.25) is 4.79 Å². The van der Waals surface area contributed by atoms with Gasteiger partial charge in [-0.05, 0) is 24.3 Å². The van der Waals surface area contributed by atoms with Crippen LogP contribution >= 0.6 is 11.3 Å². The third-order valence-electron chi connectivity index (χ3n) is 3.94. The Morgan fingerprint density at radius 1 is 1.11 bits per heavy atom. The normalized spacial score (nSPS) is 10.8. The van der Waals surface area contributed by atoms with E-state index in [1.54, 1.807) is 18.2 Å². The molecule has 0 saturated heterocycles. The van der Waals surface area contributed by atoms with Gasteiger partial charge in [-0.1, -0.05) is 17.4 Å². The average molecular weight is 394 g/mol. The Bertz CT molecular complexity index is 1160. The number of nitrogens with zero attached hydrogens (tertiary/aromatic N) is 5. The molecule has 0 spiro atoms. The fourth-order valence-corrected chi connectivity index (χ4v) is 3.47. The van der Waals surface area contributed by atoms with Crippen molar-refractivity contribution in [1.29, 1.82) is 0 Å². The Morgan fingerprint density at radius 2 is 1.96 bits per heavy atom. The van der Waals surface area contributed by atoms with Crippen molar-refractivity contribution in [3.63, 3.8) is 0 Å². The molecule has 0 unspecified atom stereocenters. The van der Waals surface area contributed by atoms with Crippen molar-refractivity contribution < 1.29 is 9.18 Å². The first-order valence-electron chi connectivity index (χ1n) is 8.32. The van der Waals surface area contributed by atoms with Crippen molar-refractivity contribution in [3.8, 4) is 11.3 Å². The summed E-state index contributed by atoms with van der Waals surface area (Å²) < 4.78 is 15.3. The molecule has 9 heteroatoms. The number of aromatic nitrogens is 4. The van der Waals surface area contributed by atoms with E-state index in [-0.39, 0.29) is 11.6 Å². The van der Waals surface area contributed by atoms with E-state index in [9.17, 15) is 9.18 Å². The number of fused-ring (bicyclic) bond motifs is 1. The van der Waals surface area contributed by atoms with Crippen LogP contribution in [0.4, 0.5) is 21.3 Å². The van der Waals surface area contributed by atoms with Gasteiger partial charge in [0.05, 0.1) is 16.4 Å². The molecule has 28 heavy (non-hydrogen) atoms. The number of aldehydes is 1. The summed E-state index contributed by atoms with van der Waals surface area (Å²) >= 11 is 1.53. The number of halogens is 1. The number of thiazole rings is 1. The first-order chi connectivity index (χ1) is 13.5. The highest BCUT2D eigenvalue weighted by Crippen LogP contribution is 2.32. The maximum absolute atomic E-state index is 14.4. The lowest BCUT2D eigenvalue weighted by Gasteiger charge is -2.07. The van der Waals surface area contributed by atoms with Crippen LogP contribution in [0.2, 0.25) is 0 Å². The van der Waals surface area contributed by atoms with E-state index in [1.807, 2.05) is 31.1 Å². The maximum atomic E-state index is 14.4. The lowest BCUT2D eigenvalue weighted by Crippen LogP contribution is -2.07. The molecule has 140 valence electrons. The summed E-state index contributed by atoms with van der Waals surface area (Å²) in [5, 5.41) is 3.79. The Hall–Kier alpha value is -3.46. The molecule has 7 nitrogen and oxygen atoms in total. The minimum absolute atomic E-state index is 0.184. The van der Waals surface area contributed by atoms with Gasteiger partial charge >= 0.3 is 0 Å². The number of carbonyl (C=O) groups excluding carboxylic acids is 1. The van der Waals surface area contributed by atoms with Gasteiger partial charge in [0, 0.05) is 31.4 Å². The fraction of sp³-hybridized carbons (Fsp3) is 0.105. The quantitative estimate of drug-likeness (QED) is 0.514. The number of pyridine rings is 1. The topological polar surface area (TPSA) is 83.9 Å². The number of benzene rings is 1. The number of hydrogen-bond acceptors (Lipinski definition) is 8. The van der Waals surface area contributed by atoms with Crippen LogP contribution in [-0.4, -0.2) is 40.3 Å². The molecule has 4 aromatic rings. The number of anilines is 3. The predicted molar refractivity (Wildman–Crippen MR) is 108 cm³/mol. The third kappa shape index (κ3) is 3.52. The lowest BCUT2D eigenvalue weighted by atomic mass is 10.1. The summed E-state index contributed by atoms with van der Waals surface area (Å²) in [5.41, 5.74) is 2.13. The molecule has 1 N–H and O–H groups in total. The molecule has 0 fully saturated rings. The monoisotopic (exact) mass is 394 g/mol. The second-order valence-corrected chi connectivity index (χ2v) is 7.19. The van der Waals surface area contributed by atoms with Crippen LogP contribution < -0.4 is 10.2 Å². The molecule has 0 bridgehead atoms. The van der Waals surface area contributed by atoms with Gasteiger partial charge in [0.2, 0.25) is 5.95 Å². The van der Waals surface area contributed by atoms with Gasteiger partial charge in [0.1, 0.15) is 11.5 Å². The first-order valence-corrected chi connectivity index (χ1v) is 9.14. The summed E-state index contributed by atoms with van der Waals surface area (Å²) in [7, 11) is 3.85. The van der Waals surface area contributed by atoms with Gasteiger partial charge in [-0.25, -0.2) is 24.3 Å². The molecule has 0 radical (unpaired) electrons. The Morgan fingerprint density at radius 3 is 2.68 bits per heavy atom. The molecule has 1 aromatic carbocycles. The molecule has 0 aliphatic rings. The van der Waals surface area contributed by atoms with Gasteiger partial charge in [0.25, 0.3) is 0 Å². The van der Waals surface area contributed by atoms with Crippen LogP contribution in [0.1, 0.15) is 10.4 Å². The van der Waals surface area contributed by atoms with Crippen molar-refractivity contribution >= 4 is 44.7 Å². The van der Waals surface area contributed by atoms with Crippen molar-refractivity contribution in [2.24, 2.45) is 0 Å². The fourth-order valence-electron chi connectivity index (χ4n) is 2.54. The molecule has 0 aliphatic heterocycles. The molecule has 0 aliphatic carbocycles. The molecular formula is C19H15FN6OS. The summed E-state index contributed by atoms with van der Waals surface area (Å²) in [6.45, 7) is 0. The molecule has 4 rings (SSSR count). The highest BCUT2D eigenvalue weighted by Gasteiger charge is 2.13. The van der Waals surface area contributed by atoms with Crippen molar-refractivity contribution in [2.45, 2.75) is 0 Å². The average Bonchev–Trinajstić information content (AvgIpc) is 3.14. The van der Waals surface area contributed by atoms with Crippen LogP contribution in [0, 0.1) is 5.82 Å². The van der Waals surface area contributed by atoms with Gasteiger partial charge in [-0.2, -0.15) is 0 Å². The van der Waals surface area contributed by atoms with Gasteiger partial charge < -0.3 is 10.2 Å². The minimum Gasteiger partial charge on any atom is -0.354 e. The van der Waals surface area contributed by atoms with Gasteiger partial charge in [-0.15, -0.1) is 0 Å². The van der Waals surface area contributed by atoms with E-state index >= 15 is 0 Å². The van der Waals surface area contributed by atoms with Crippen molar-refractivity contribution in [3.05, 3.63) is 54.1 Å². The number of hydrogen-bond donors (Lipinski definition) is 1. The SMILES string of the molecule is CN(C)c1nc2ccc(-c3nc(Nc4ccc(C=O)cn4)ncc3F)cc2s1. The standard InChI is InChI=1S/C19H15FN6OS/c1-26(2)19-23-14-5-4-12(7-15(14)28-19)17-13(20)9-22-18(25-17)24-16-6-3-11(10-27)8-21-16/h3-10H,1-2H3,(H,21,22,24,25). The van der Waals surface area contributed by atoms with Crippen LogP contribution in [0.15, 0.2) is 42.7 Å². The molecule has 3 heterocycles. The van der Waals surface area contributed by atoms with Crippen LogP contribution in [0.3, 0.4) is 0 Å². The van der Waals surface area contributed by atoms with E-state index in [4.69, 9.17) is 0 Å². The number of rotatable bonds is 5. The Balaban J connectivity index is 1.68. The zero-order chi connectivity index (χ0) is 19.7. The van der Waals surface area contributed by atoms with Crippen LogP contribution in [0.25, 0.3) is 21.5 Å². The van der Waals surface area contributed by atoms with E-state index in [1.165, 1.54) is 17.5 Å². The van der Waals surface area contributed by atoms with E-state index < -0.39 is 5.82 Å². The van der Waals surface area contributed by atoms with E-state index in [2.05, 4.69) is 25.3 Å². The highest BCUT2D eigenvalue weighted by molar-refractivity contribution is 7.22. The Kier molecular flexibility index (Phi) is 4.66. The third-order valence-corrected chi connectivity index (χ3v) is 5.13. The molecular weight excluding hydrogens is 379 g/mol. The van der Waals surface area contributed by atoms with E-state index in [0.717, 1.165) is 21.5 Å². The second kappa shape index (κ2) is 7.28. The molecule has 0 amide bonds. The lowest BCUT2D eigenvalue weighted by molar-refractivity contribution is 0.112. The van der Waals surface area contributed by atoms with E-state index in [0.29, 0.717) is 23.2 Å². The largest absolute Gasteiger partial charge is 0.354 e. The van der Waals surface area contributed by atoms with Gasteiger partial charge in [0.15, 0.2) is 17.2 Å². The second-order valence-electron chi connectivity index (χ2n) is 6.18. The summed E-state index contributed by atoms with van der Waals surface area (Å²) in [6, 6.07) is 8.75. The highest BCUT2D eigenvalue weighted by atomic mass is 32.1. The Labute approximate surface area is 163 Å². The molecule has 0 atom stereocenters. The number of nitrogens with one attached hydrogen (secondary N) is 1. The zero-order valence-corrected chi connectivity index (χ0v) is 15.9. The minimum atomic E-state index is -0.522. The molecule has 0 saturated carbocycles. The van der Waals surface area contributed by atoms with Crippen LogP contribution in [0.5, 0.6) is 0 Å². The maximum Gasteiger partial charge on any atom is 0.229 e. The molecule has 3 aromatic heterocycles. The van der Waals surface area contributed by atoms with Crippen molar-refractivity contribution in [1.82, 2.24) is 19.9 Å². The summed E-state index contributed by atoms with van der Waals surface area (Å²) in [4.78, 5) is 29.5. The first kappa shape index (κ1) is 17.9.